The van der Waals surface area contributed by atoms with Gasteiger partial charge in [-0.1, -0.05) is 42.5 Å². The molecule has 1 aromatic heterocycles. The van der Waals surface area contributed by atoms with Gasteiger partial charge in [-0.05, 0) is 26.0 Å². The Labute approximate surface area is 156 Å². The number of aromatic nitrogens is 1. The molecule has 0 unspecified atom stereocenters. The van der Waals surface area contributed by atoms with Crippen LogP contribution in [0.3, 0.4) is 0 Å². The number of nitrogens with one attached hydrogen (secondary N) is 1. The van der Waals surface area contributed by atoms with Gasteiger partial charge < -0.3 is 9.47 Å². The number of hydrogen-bond acceptors (Lipinski definition) is 5. The third-order valence-electron chi connectivity index (χ3n) is 3.60. The zero-order valence-corrected chi connectivity index (χ0v) is 15.5. The minimum absolute atomic E-state index is 0.108. The van der Waals surface area contributed by atoms with Gasteiger partial charge in [0.25, 0.3) is 5.91 Å². The summed E-state index contributed by atoms with van der Waals surface area (Å²) in [6.07, 6.45) is 0. The van der Waals surface area contributed by atoms with Gasteiger partial charge in [-0.3, -0.25) is 10.1 Å². The number of nitrogens with zero attached hydrogens (tertiary/aromatic N) is 1. The molecular formula is C20H20N2O3S. The third kappa shape index (κ3) is 4.40. The van der Waals surface area contributed by atoms with Crippen molar-refractivity contribution in [2.45, 2.75) is 13.8 Å². The lowest BCUT2D eigenvalue weighted by Crippen LogP contribution is -2.20. The predicted molar refractivity (Wildman–Crippen MR) is 104 cm³/mol. The number of carbonyl (C=O) groups excluding carboxylic acids is 1. The second-order valence-corrected chi connectivity index (χ2v) is 6.71. The largest absolute Gasteiger partial charge is 0.490 e. The molecule has 3 rings (SSSR count). The van der Waals surface area contributed by atoms with Crippen LogP contribution in [-0.2, 0) is 4.79 Å². The number of para-hydroxylation sites is 2. The third-order valence-corrected chi connectivity index (χ3v) is 4.48. The summed E-state index contributed by atoms with van der Waals surface area (Å²) in [5.41, 5.74) is 1.91. The molecule has 1 heterocycles. The van der Waals surface area contributed by atoms with Crippen molar-refractivity contribution in [1.82, 2.24) is 4.98 Å². The van der Waals surface area contributed by atoms with E-state index in [1.807, 2.05) is 62.4 Å². The highest BCUT2D eigenvalue weighted by molar-refractivity contribution is 7.16. The molecule has 3 aromatic rings. The van der Waals surface area contributed by atoms with Crippen LogP contribution in [-0.4, -0.2) is 24.1 Å². The summed E-state index contributed by atoms with van der Waals surface area (Å²) in [5.74, 6) is 0.911. The Balaban J connectivity index is 1.63. The van der Waals surface area contributed by atoms with E-state index in [1.165, 1.54) is 11.3 Å². The lowest BCUT2D eigenvalue weighted by atomic mass is 10.1. The van der Waals surface area contributed by atoms with Gasteiger partial charge in [-0.2, -0.15) is 0 Å². The molecule has 0 atom stereocenters. The molecule has 1 N–H and O–H groups in total. The summed E-state index contributed by atoms with van der Waals surface area (Å²) in [7, 11) is 0. The summed E-state index contributed by atoms with van der Waals surface area (Å²) < 4.78 is 11.1. The first-order chi connectivity index (χ1) is 12.7. The Morgan fingerprint density at radius 3 is 2.38 bits per heavy atom. The van der Waals surface area contributed by atoms with Crippen LogP contribution >= 0.6 is 11.3 Å². The normalized spacial score (nSPS) is 10.4. The van der Waals surface area contributed by atoms with E-state index in [1.54, 1.807) is 6.07 Å². The number of thiazole rings is 1. The second-order valence-electron chi connectivity index (χ2n) is 5.51. The molecule has 2 aromatic carbocycles. The monoisotopic (exact) mass is 368 g/mol. The lowest BCUT2D eigenvalue weighted by Gasteiger charge is -2.10. The molecule has 0 aliphatic carbocycles. The SMILES string of the molecule is CCOc1ccccc1OCC(=O)Nc1nc(-c2ccccc2)c(C)s1. The highest BCUT2D eigenvalue weighted by atomic mass is 32.1. The average Bonchev–Trinajstić information content (AvgIpc) is 3.02. The number of amides is 1. The zero-order chi connectivity index (χ0) is 18.4. The van der Waals surface area contributed by atoms with Crippen molar-refractivity contribution in [3.8, 4) is 22.8 Å². The van der Waals surface area contributed by atoms with Gasteiger partial charge in [-0.25, -0.2) is 4.98 Å². The summed E-state index contributed by atoms with van der Waals surface area (Å²) in [6, 6.07) is 17.2. The molecule has 26 heavy (non-hydrogen) atoms. The quantitative estimate of drug-likeness (QED) is 0.665. The maximum absolute atomic E-state index is 12.2. The fraction of sp³-hybridized carbons (Fsp3) is 0.200. The molecule has 0 spiro atoms. The number of ether oxygens (including phenoxy) is 2. The Morgan fingerprint density at radius 1 is 1.04 bits per heavy atom. The topological polar surface area (TPSA) is 60.5 Å². The molecular weight excluding hydrogens is 348 g/mol. The van der Waals surface area contributed by atoms with E-state index in [2.05, 4.69) is 10.3 Å². The fourth-order valence-electron chi connectivity index (χ4n) is 2.46. The Morgan fingerprint density at radius 2 is 1.69 bits per heavy atom. The highest BCUT2D eigenvalue weighted by Crippen LogP contribution is 2.30. The van der Waals surface area contributed by atoms with Gasteiger partial charge in [0.1, 0.15) is 0 Å². The molecule has 5 nitrogen and oxygen atoms in total. The average molecular weight is 368 g/mol. The molecule has 0 radical (unpaired) electrons. The second kappa shape index (κ2) is 8.49. The number of carbonyl (C=O) groups is 1. The first kappa shape index (κ1) is 17.9. The summed E-state index contributed by atoms with van der Waals surface area (Å²) in [6.45, 7) is 4.32. The minimum atomic E-state index is -0.260. The standard InChI is InChI=1S/C20H20N2O3S/c1-3-24-16-11-7-8-12-17(16)25-13-18(23)21-20-22-19(14(2)26-20)15-9-5-4-6-10-15/h4-12H,3,13H2,1-2H3,(H,21,22,23). The van der Waals surface area contributed by atoms with Crippen molar-refractivity contribution >= 4 is 22.4 Å². The van der Waals surface area contributed by atoms with Crippen LogP contribution in [0.4, 0.5) is 5.13 Å². The number of benzene rings is 2. The summed E-state index contributed by atoms with van der Waals surface area (Å²) in [4.78, 5) is 17.8. The van der Waals surface area contributed by atoms with Crippen LogP contribution in [0.2, 0.25) is 0 Å². The maximum Gasteiger partial charge on any atom is 0.264 e. The van der Waals surface area contributed by atoms with Crippen molar-refractivity contribution in [3.05, 3.63) is 59.5 Å². The van der Waals surface area contributed by atoms with Gasteiger partial charge in [0.2, 0.25) is 0 Å². The van der Waals surface area contributed by atoms with Crippen molar-refractivity contribution < 1.29 is 14.3 Å². The highest BCUT2D eigenvalue weighted by Gasteiger charge is 2.13. The van der Waals surface area contributed by atoms with Gasteiger partial charge in [-0.15, -0.1) is 11.3 Å². The lowest BCUT2D eigenvalue weighted by molar-refractivity contribution is -0.118. The first-order valence-electron chi connectivity index (χ1n) is 8.34. The predicted octanol–water partition coefficient (Wildman–Crippen LogP) is 4.53. The molecule has 0 aliphatic rings. The number of anilines is 1. The molecule has 0 fully saturated rings. The van der Waals surface area contributed by atoms with Crippen molar-refractivity contribution in [2.75, 3.05) is 18.5 Å². The van der Waals surface area contributed by atoms with E-state index < -0.39 is 0 Å². The molecule has 0 saturated heterocycles. The van der Waals surface area contributed by atoms with E-state index in [0.717, 1.165) is 16.1 Å². The number of aryl methyl sites for hydroxylation is 1. The van der Waals surface area contributed by atoms with E-state index in [9.17, 15) is 4.79 Å². The molecule has 0 saturated carbocycles. The molecule has 0 bridgehead atoms. The number of rotatable bonds is 7. The Kier molecular flexibility index (Phi) is 5.86. The fourth-order valence-corrected chi connectivity index (χ4v) is 3.31. The van der Waals surface area contributed by atoms with E-state index in [0.29, 0.717) is 23.2 Å². The van der Waals surface area contributed by atoms with Gasteiger partial charge in [0, 0.05) is 10.4 Å². The minimum Gasteiger partial charge on any atom is -0.490 e. The van der Waals surface area contributed by atoms with Gasteiger partial charge in [0.15, 0.2) is 23.2 Å². The van der Waals surface area contributed by atoms with Gasteiger partial charge in [0.05, 0.1) is 12.3 Å². The van der Waals surface area contributed by atoms with Crippen LogP contribution < -0.4 is 14.8 Å². The molecule has 0 aliphatic heterocycles. The molecule has 1 amide bonds. The molecule has 134 valence electrons. The van der Waals surface area contributed by atoms with Crippen molar-refractivity contribution in [2.24, 2.45) is 0 Å². The number of hydrogen-bond donors (Lipinski definition) is 1. The molecule has 6 heteroatoms. The van der Waals surface area contributed by atoms with Crippen LogP contribution in [0.15, 0.2) is 54.6 Å². The van der Waals surface area contributed by atoms with Gasteiger partial charge >= 0.3 is 0 Å². The van der Waals surface area contributed by atoms with Crippen LogP contribution in [0, 0.1) is 6.92 Å². The Bertz CT molecular complexity index is 878. The van der Waals surface area contributed by atoms with Crippen LogP contribution in [0.25, 0.3) is 11.3 Å². The van der Waals surface area contributed by atoms with Crippen molar-refractivity contribution in [3.63, 3.8) is 0 Å². The first-order valence-corrected chi connectivity index (χ1v) is 9.16. The Hall–Kier alpha value is -2.86. The maximum atomic E-state index is 12.2. The van der Waals surface area contributed by atoms with Crippen LogP contribution in [0.1, 0.15) is 11.8 Å². The van der Waals surface area contributed by atoms with E-state index in [4.69, 9.17) is 9.47 Å². The zero-order valence-electron chi connectivity index (χ0n) is 14.7. The van der Waals surface area contributed by atoms with Crippen LogP contribution in [0.5, 0.6) is 11.5 Å². The smallest absolute Gasteiger partial charge is 0.264 e. The van der Waals surface area contributed by atoms with E-state index >= 15 is 0 Å². The van der Waals surface area contributed by atoms with Crippen molar-refractivity contribution in [1.29, 1.82) is 0 Å². The van der Waals surface area contributed by atoms with E-state index in [-0.39, 0.29) is 12.5 Å². The summed E-state index contributed by atoms with van der Waals surface area (Å²) in [5, 5.41) is 3.36. The summed E-state index contributed by atoms with van der Waals surface area (Å²) >= 11 is 1.45.